The number of nitrogens with zero attached hydrogens (tertiary/aromatic N) is 6. The number of hydrogen-bond donors (Lipinski definition) is 12. The summed E-state index contributed by atoms with van der Waals surface area (Å²) in [7, 11) is -11.2. The highest BCUT2D eigenvalue weighted by Crippen LogP contribution is 2.62. The minimum atomic E-state index is -5.73. The number of anilines is 2. The monoisotopic (exact) mass is 670 g/mol. The molecule has 1 unspecified atom stereocenters. The van der Waals surface area contributed by atoms with Crippen molar-refractivity contribution in [2.75, 3.05) is 18.1 Å². The van der Waals surface area contributed by atoms with Crippen LogP contribution in [0.5, 0.6) is 0 Å². The summed E-state index contributed by atoms with van der Waals surface area (Å²) in [4.78, 5) is 63.7. The number of aromatic nitrogens is 6. The lowest BCUT2D eigenvalue weighted by molar-refractivity contribution is -0.0792. The Morgan fingerprint density at radius 3 is 2.20 bits per heavy atom. The van der Waals surface area contributed by atoms with Crippen LogP contribution in [0.1, 0.15) is 12.5 Å². The van der Waals surface area contributed by atoms with E-state index in [1.807, 2.05) is 0 Å². The number of imidazole rings is 1. The SMILES string of the molecule is Nc1ccn([C@@H]2O[C@H](C(O)P(=O)(O)O)[C@](O)(P(=O)(O)O)[C@H]2O)c(=O)n1.Nc1ncnc2c1ncn2[C@@H]1O[C@H](CO)[C@@H](O)[C@H]1O. The summed E-state index contributed by atoms with van der Waals surface area (Å²) in [5.74, 6) is -2.91. The molecule has 0 saturated carbocycles. The standard InChI is InChI=1S/C10H13N5O4.C9H15N3O11P2/c11-8-5-9(13-2-12-8)15(3-14-5)10-7(18)6(17)4(1-16)19-10;10-3-1-2-12(8(15)11-3)6-4(13)9(16,25(20,21)22)5(23-6)7(14)24(17,18)19/h2-4,6-7,10,16-18H,1H2,(H2,11,12,13);1-2,4-7,13-14,16H,(H2,10,11,15)(H2,17,18,19)(H2,20,21,22)/t4-,6-,7-,10-;4-,5+,6+,7?,9+/m10/s1. The molecule has 2 fully saturated rings. The van der Waals surface area contributed by atoms with Gasteiger partial charge < -0.3 is 71.2 Å². The third kappa shape index (κ3) is 5.87. The Bertz CT molecular complexity index is 1660. The molecule has 244 valence electrons. The van der Waals surface area contributed by atoms with E-state index in [9.17, 15) is 49.2 Å². The number of nitrogen functional groups attached to an aromatic ring is 2. The lowest BCUT2D eigenvalue weighted by Gasteiger charge is -2.33. The van der Waals surface area contributed by atoms with Crippen LogP contribution in [0.25, 0.3) is 11.2 Å². The Kier molecular flexibility index (Phi) is 9.30. The third-order valence-corrected chi connectivity index (χ3v) is 9.21. The second kappa shape index (κ2) is 12.1. The van der Waals surface area contributed by atoms with Gasteiger partial charge in [-0.15, -0.1) is 0 Å². The van der Waals surface area contributed by atoms with E-state index in [1.54, 1.807) is 0 Å². The maximum absolute atomic E-state index is 11.8. The molecular weight excluding hydrogens is 642 g/mol. The Hall–Kier alpha value is -2.99. The van der Waals surface area contributed by atoms with Crippen LogP contribution in [0.15, 0.2) is 29.7 Å². The van der Waals surface area contributed by atoms with E-state index in [4.69, 9.17) is 35.8 Å². The summed E-state index contributed by atoms with van der Waals surface area (Å²) in [5.41, 5.74) is 10.6. The van der Waals surface area contributed by atoms with Crippen LogP contribution in [-0.4, -0.2) is 128 Å². The molecule has 5 heterocycles. The highest BCUT2D eigenvalue weighted by atomic mass is 31.2. The molecule has 9 atom stereocenters. The van der Waals surface area contributed by atoms with Gasteiger partial charge in [-0.3, -0.25) is 18.3 Å². The molecule has 3 aromatic rings. The fourth-order valence-electron chi connectivity index (χ4n) is 4.51. The van der Waals surface area contributed by atoms with Gasteiger partial charge in [0.15, 0.2) is 29.8 Å². The Labute approximate surface area is 243 Å². The lowest BCUT2D eigenvalue weighted by atomic mass is 10.1. The minimum Gasteiger partial charge on any atom is -0.394 e. The van der Waals surface area contributed by atoms with E-state index in [-0.39, 0.29) is 11.6 Å². The van der Waals surface area contributed by atoms with Gasteiger partial charge in [-0.05, 0) is 6.07 Å². The Balaban J connectivity index is 0.000000208. The predicted octanol–water partition coefficient (Wildman–Crippen LogP) is -5.53. The highest BCUT2D eigenvalue weighted by molar-refractivity contribution is 7.54. The van der Waals surface area contributed by atoms with Crippen LogP contribution in [0.2, 0.25) is 0 Å². The summed E-state index contributed by atoms with van der Waals surface area (Å²) < 4.78 is 35.0. The van der Waals surface area contributed by atoms with Crippen LogP contribution < -0.4 is 17.2 Å². The van der Waals surface area contributed by atoms with Crippen LogP contribution in [0.3, 0.4) is 0 Å². The summed E-state index contributed by atoms with van der Waals surface area (Å²) in [6, 6.07) is 1.06. The molecule has 14 N–H and O–H groups in total. The van der Waals surface area contributed by atoms with Crippen LogP contribution in [0.4, 0.5) is 11.6 Å². The zero-order valence-corrected chi connectivity index (χ0v) is 23.7. The molecule has 2 saturated heterocycles. The van der Waals surface area contributed by atoms with Gasteiger partial charge in [0.05, 0.1) is 12.9 Å². The van der Waals surface area contributed by atoms with Crippen molar-refractivity contribution in [2.45, 2.75) is 54.2 Å². The topological polar surface area (TPSA) is 385 Å². The first kappa shape index (κ1) is 33.9. The van der Waals surface area contributed by atoms with E-state index >= 15 is 0 Å². The molecule has 3 aromatic heterocycles. The maximum Gasteiger partial charge on any atom is 0.362 e. The fourth-order valence-corrected chi connectivity index (χ4v) is 6.28. The number of nitrogens with two attached hydrogens (primary N) is 2. The molecule has 0 aliphatic carbocycles. The van der Waals surface area contributed by atoms with Gasteiger partial charge in [-0.25, -0.2) is 19.7 Å². The van der Waals surface area contributed by atoms with E-state index in [0.717, 1.165) is 12.3 Å². The van der Waals surface area contributed by atoms with Crippen molar-refractivity contribution in [3.63, 3.8) is 0 Å². The van der Waals surface area contributed by atoms with E-state index in [2.05, 4.69) is 19.9 Å². The molecular formula is C19H28N8O15P2. The molecule has 0 aromatic carbocycles. The smallest absolute Gasteiger partial charge is 0.362 e. The van der Waals surface area contributed by atoms with E-state index in [1.165, 1.54) is 17.2 Å². The van der Waals surface area contributed by atoms with Crippen LogP contribution >= 0.6 is 15.2 Å². The average Bonchev–Trinajstić information content (AvgIpc) is 3.57. The van der Waals surface area contributed by atoms with Gasteiger partial charge in [0, 0.05) is 6.20 Å². The molecule has 2 aliphatic heterocycles. The molecule has 0 bridgehead atoms. The first-order chi connectivity index (χ1) is 20.3. The fraction of sp³-hybridized carbons (Fsp3) is 0.526. The van der Waals surface area contributed by atoms with Crippen LogP contribution in [-0.2, 0) is 18.6 Å². The molecule has 0 radical (unpaired) electrons. The highest BCUT2D eigenvalue weighted by Gasteiger charge is 2.69. The zero-order chi connectivity index (χ0) is 32.9. The molecule has 44 heavy (non-hydrogen) atoms. The molecule has 5 rings (SSSR count). The Morgan fingerprint density at radius 1 is 1.00 bits per heavy atom. The number of rotatable bonds is 6. The van der Waals surface area contributed by atoms with Crippen molar-refractivity contribution in [1.82, 2.24) is 29.1 Å². The second-order valence-electron chi connectivity index (χ2n) is 9.58. The first-order valence-corrected chi connectivity index (χ1v) is 15.4. The molecule has 23 nitrogen and oxygen atoms in total. The lowest BCUT2D eigenvalue weighted by Crippen LogP contribution is -2.51. The summed E-state index contributed by atoms with van der Waals surface area (Å²) in [5, 5.41) is 55.2. The second-order valence-corrected chi connectivity index (χ2v) is 13.1. The molecule has 0 amide bonds. The number of hydrogen-bond acceptors (Lipinski definition) is 17. The van der Waals surface area contributed by atoms with Gasteiger partial charge in [-0.2, -0.15) is 4.98 Å². The van der Waals surface area contributed by atoms with Gasteiger partial charge in [0.2, 0.25) is 5.34 Å². The van der Waals surface area contributed by atoms with Gasteiger partial charge in [0.25, 0.3) is 0 Å². The summed E-state index contributed by atoms with van der Waals surface area (Å²) in [6.45, 7) is -0.390. The predicted molar refractivity (Wildman–Crippen MR) is 141 cm³/mol. The summed E-state index contributed by atoms with van der Waals surface area (Å²) >= 11 is 0. The van der Waals surface area contributed by atoms with Crippen molar-refractivity contribution < 1.29 is 68.8 Å². The zero-order valence-electron chi connectivity index (χ0n) is 21.9. The van der Waals surface area contributed by atoms with E-state index < -0.39 is 81.7 Å². The number of aliphatic hydroxyl groups is 6. The van der Waals surface area contributed by atoms with Crippen molar-refractivity contribution in [2.24, 2.45) is 0 Å². The van der Waals surface area contributed by atoms with Crippen molar-refractivity contribution in [1.29, 1.82) is 0 Å². The first-order valence-electron chi connectivity index (χ1n) is 12.1. The van der Waals surface area contributed by atoms with Gasteiger partial charge >= 0.3 is 20.9 Å². The normalized spacial score (nSPS) is 31.5. The minimum absolute atomic E-state index is 0.218. The van der Waals surface area contributed by atoms with E-state index in [0.29, 0.717) is 15.7 Å². The number of fused-ring (bicyclic) bond motifs is 1. The Morgan fingerprint density at radius 2 is 1.66 bits per heavy atom. The quantitative estimate of drug-likeness (QED) is 0.109. The number of aliphatic hydroxyl groups excluding tert-OH is 5. The van der Waals surface area contributed by atoms with Gasteiger partial charge in [-0.1, -0.05) is 0 Å². The number of ether oxygens (including phenoxy) is 2. The van der Waals surface area contributed by atoms with Crippen molar-refractivity contribution >= 4 is 38.0 Å². The third-order valence-electron chi connectivity index (χ3n) is 6.80. The largest absolute Gasteiger partial charge is 0.394 e. The average molecular weight is 670 g/mol. The molecule has 25 heteroatoms. The van der Waals surface area contributed by atoms with Crippen molar-refractivity contribution in [3.05, 3.63) is 35.4 Å². The summed E-state index contributed by atoms with van der Waals surface area (Å²) in [6.07, 6.45) is -7.72. The van der Waals surface area contributed by atoms with Gasteiger partial charge in [0.1, 0.15) is 48.2 Å². The van der Waals surface area contributed by atoms with Crippen molar-refractivity contribution in [3.8, 4) is 0 Å². The molecule has 2 aliphatic rings. The molecule has 0 spiro atoms. The maximum atomic E-state index is 11.8. The van der Waals surface area contributed by atoms with Crippen LogP contribution in [0, 0.1) is 0 Å².